The zero-order valence-corrected chi connectivity index (χ0v) is 18.9. The van der Waals surface area contributed by atoms with Crippen LogP contribution in [0.2, 0.25) is 5.02 Å². The predicted octanol–water partition coefficient (Wildman–Crippen LogP) is 6.03. The number of hydrogen-bond donors (Lipinski definition) is 0. The average molecular weight is 442 g/mol. The molecule has 0 atom stereocenters. The number of nitrogens with zero attached hydrogens (tertiary/aromatic N) is 3. The summed E-state index contributed by atoms with van der Waals surface area (Å²) in [7, 11) is 3.76. The van der Waals surface area contributed by atoms with Crippen LogP contribution >= 0.6 is 11.6 Å². The third kappa shape index (κ3) is 5.28. The zero-order valence-electron chi connectivity index (χ0n) is 18.2. The van der Waals surface area contributed by atoms with Crippen molar-refractivity contribution in [1.82, 2.24) is 14.5 Å². The second-order valence-electron chi connectivity index (χ2n) is 8.33. The highest BCUT2D eigenvalue weighted by atomic mass is 35.5. The summed E-state index contributed by atoms with van der Waals surface area (Å²) in [5.74, 6) is 1.11. The van der Waals surface area contributed by atoms with Gasteiger partial charge in [-0.15, -0.1) is 0 Å². The number of methoxy groups -OCH3 is 1. The Bertz CT molecular complexity index is 1010. The van der Waals surface area contributed by atoms with Crippen molar-refractivity contribution in [3.05, 3.63) is 76.6 Å². The third-order valence-corrected chi connectivity index (χ3v) is 6.39. The second-order valence-corrected chi connectivity index (χ2v) is 8.77. The van der Waals surface area contributed by atoms with Crippen molar-refractivity contribution in [2.75, 3.05) is 14.2 Å². The number of hydrogen-bond acceptors (Lipinski definition) is 3. The first kappa shape index (κ1) is 21.8. The lowest BCUT2D eigenvalue weighted by Gasteiger charge is -2.30. The molecule has 0 aliphatic heterocycles. The molecule has 0 unspecified atom stereocenters. The molecule has 1 aliphatic carbocycles. The van der Waals surface area contributed by atoms with Crippen molar-refractivity contribution in [3.63, 3.8) is 0 Å². The highest BCUT2D eigenvalue weighted by molar-refractivity contribution is 6.30. The van der Waals surface area contributed by atoms with Crippen molar-refractivity contribution >= 4 is 11.6 Å². The van der Waals surface area contributed by atoms with Gasteiger partial charge in [-0.2, -0.15) is 0 Å². The molecular weight excluding hydrogens is 413 g/mol. The number of aromatic nitrogens is 2. The number of ether oxygens (including phenoxy) is 1. The highest BCUT2D eigenvalue weighted by Crippen LogP contribution is 2.26. The fraction of sp³-hybridized carbons (Fsp3) is 0.400. The molecule has 0 bridgehead atoms. The van der Waals surface area contributed by atoms with Gasteiger partial charge in [0.25, 0.3) is 0 Å². The Morgan fingerprint density at radius 2 is 1.87 bits per heavy atom. The Kier molecular flexibility index (Phi) is 6.93. The van der Waals surface area contributed by atoms with Gasteiger partial charge >= 0.3 is 0 Å². The van der Waals surface area contributed by atoms with Crippen LogP contribution in [0.5, 0.6) is 5.75 Å². The van der Waals surface area contributed by atoms with Gasteiger partial charge in [-0.25, -0.2) is 9.37 Å². The molecule has 0 amide bonds. The smallest absolute Gasteiger partial charge is 0.126 e. The summed E-state index contributed by atoms with van der Waals surface area (Å²) in [5.41, 5.74) is 2.93. The van der Waals surface area contributed by atoms with Crippen molar-refractivity contribution in [2.45, 2.75) is 51.1 Å². The molecular formula is C25H29ClFN3O. The lowest BCUT2D eigenvalue weighted by Crippen LogP contribution is -2.32. The molecule has 0 N–H and O–H groups in total. The van der Waals surface area contributed by atoms with Crippen LogP contribution in [0.25, 0.3) is 5.69 Å². The summed E-state index contributed by atoms with van der Waals surface area (Å²) >= 11 is 6.10. The third-order valence-electron chi connectivity index (χ3n) is 6.14. The van der Waals surface area contributed by atoms with E-state index >= 15 is 0 Å². The largest absolute Gasteiger partial charge is 0.496 e. The molecule has 31 heavy (non-hydrogen) atoms. The Morgan fingerprint density at radius 3 is 2.58 bits per heavy atom. The van der Waals surface area contributed by atoms with E-state index < -0.39 is 0 Å². The standard InChI is InChI=1S/C25H29ClFN3O/c1-29(22-6-4-3-5-7-22)16-21-17-30(23-12-9-19(26)10-13-23)25(28-21)14-18-8-11-20(27)15-24(18)31-2/h8-13,15,17,22H,3-7,14,16H2,1-2H3. The first-order valence-electron chi connectivity index (χ1n) is 10.9. The van der Waals surface area contributed by atoms with Crippen molar-refractivity contribution in [3.8, 4) is 11.4 Å². The minimum atomic E-state index is -0.309. The lowest BCUT2D eigenvalue weighted by atomic mass is 9.94. The molecule has 0 saturated heterocycles. The molecule has 4 nitrogen and oxygen atoms in total. The van der Waals surface area contributed by atoms with Crippen LogP contribution in [0.1, 0.15) is 49.2 Å². The van der Waals surface area contributed by atoms with Gasteiger partial charge in [0.1, 0.15) is 17.4 Å². The van der Waals surface area contributed by atoms with Crippen LogP contribution in [0, 0.1) is 5.82 Å². The molecule has 4 rings (SSSR count). The maximum atomic E-state index is 13.7. The molecule has 6 heteroatoms. The molecule has 1 fully saturated rings. The van der Waals surface area contributed by atoms with E-state index in [1.807, 2.05) is 24.3 Å². The highest BCUT2D eigenvalue weighted by Gasteiger charge is 2.20. The summed E-state index contributed by atoms with van der Waals surface area (Å²) in [6, 6.07) is 13.0. The van der Waals surface area contributed by atoms with Crippen LogP contribution in [0.3, 0.4) is 0 Å². The minimum absolute atomic E-state index is 0.309. The van der Waals surface area contributed by atoms with Gasteiger partial charge in [-0.1, -0.05) is 36.9 Å². The van der Waals surface area contributed by atoms with Gasteiger partial charge in [0.15, 0.2) is 0 Å². The van der Waals surface area contributed by atoms with Crippen LogP contribution in [-0.2, 0) is 13.0 Å². The summed E-state index contributed by atoms with van der Waals surface area (Å²) < 4.78 is 21.2. The summed E-state index contributed by atoms with van der Waals surface area (Å²) in [6.07, 6.45) is 9.13. The normalized spacial score (nSPS) is 14.9. The molecule has 3 aromatic rings. The lowest BCUT2D eigenvalue weighted by molar-refractivity contribution is 0.183. The van der Waals surface area contributed by atoms with Gasteiger partial charge in [-0.05, 0) is 50.2 Å². The zero-order chi connectivity index (χ0) is 21.8. The quantitative estimate of drug-likeness (QED) is 0.448. The van der Waals surface area contributed by atoms with Gasteiger partial charge in [0.05, 0.1) is 12.8 Å². The molecule has 0 radical (unpaired) electrons. The van der Waals surface area contributed by atoms with Crippen LogP contribution in [0.4, 0.5) is 4.39 Å². The maximum absolute atomic E-state index is 13.7. The van der Waals surface area contributed by atoms with Crippen molar-refractivity contribution < 1.29 is 9.13 Å². The van der Waals surface area contributed by atoms with E-state index in [0.717, 1.165) is 29.3 Å². The Balaban J connectivity index is 1.64. The van der Waals surface area contributed by atoms with Crippen LogP contribution in [-0.4, -0.2) is 34.7 Å². The van der Waals surface area contributed by atoms with Crippen LogP contribution in [0.15, 0.2) is 48.7 Å². The number of rotatable bonds is 7. The van der Waals surface area contributed by atoms with E-state index in [4.69, 9.17) is 21.3 Å². The van der Waals surface area contributed by atoms with Gasteiger partial charge < -0.3 is 9.30 Å². The van der Waals surface area contributed by atoms with Crippen molar-refractivity contribution in [1.29, 1.82) is 0 Å². The number of halogens is 2. The molecule has 1 aromatic heterocycles. The second kappa shape index (κ2) is 9.84. The van der Waals surface area contributed by atoms with E-state index in [0.29, 0.717) is 23.2 Å². The van der Waals surface area contributed by atoms with E-state index in [9.17, 15) is 4.39 Å². The van der Waals surface area contributed by atoms with Crippen LogP contribution < -0.4 is 4.74 Å². The Morgan fingerprint density at radius 1 is 1.13 bits per heavy atom. The average Bonchev–Trinajstić information content (AvgIpc) is 3.18. The van der Waals surface area contributed by atoms with E-state index in [1.165, 1.54) is 44.2 Å². The summed E-state index contributed by atoms with van der Waals surface area (Å²) in [5, 5.41) is 0.697. The van der Waals surface area contributed by atoms with Crippen molar-refractivity contribution in [2.24, 2.45) is 0 Å². The molecule has 0 spiro atoms. The first-order chi connectivity index (χ1) is 15.0. The SMILES string of the molecule is COc1cc(F)ccc1Cc1nc(CN(C)C2CCCCC2)cn1-c1ccc(Cl)cc1. The molecule has 1 heterocycles. The summed E-state index contributed by atoms with van der Waals surface area (Å²) in [4.78, 5) is 7.40. The van der Waals surface area contributed by atoms with E-state index in [1.54, 1.807) is 13.2 Å². The van der Waals surface area contributed by atoms with Gasteiger partial charge in [-0.3, -0.25) is 4.90 Å². The van der Waals surface area contributed by atoms with E-state index in [-0.39, 0.29) is 5.82 Å². The fourth-order valence-electron chi connectivity index (χ4n) is 4.44. The van der Waals surface area contributed by atoms with Gasteiger partial charge in [0, 0.05) is 47.5 Å². The Hall–Kier alpha value is -2.37. The monoisotopic (exact) mass is 441 g/mol. The molecule has 1 aliphatic rings. The molecule has 164 valence electrons. The summed E-state index contributed by atoms with van der Waals surface area (Å²) in [6.45, 7) is 0.804. The molecule has 1 saturated carbocycles. The predicted molar refractivity (Wildman–Crippen MR) is 123 cm³/mol. The molecule has 2 aromatic carbocycles. The van der Waals surface area contributed by atoms with E-state index in [2.05, 4.69) is 22.7 Å². The Labute approximate surface area is 188 Å². The minimum Gasteiger partial charge on any atom is -0.496 e. The number of imidazole rings is 1. The first-order valence-corrected chi connectivity index (χ1v) is 11.3. The fourth-order valence-corrected chi connectivity index (χ4v) is 4.57. The maximum Gasteiger partial charge on any atom is 0.126 e. The number of benzene rings is 2. The van der Waals surface area contributed by atoms with Gasteiger partial charge in [0.2, 0.25) is 0 Å². The topological polar surface area (TPSA) is 30.3 Å².